The minimum atomic E-state index is 0.199. The van der Waals surface area contributed by atoms with Gasteiger partial charge in [0, 0.05) is 16.8 Å². The summed E-state index contributed by atoms with van der Waals surface area (Å²) in [6, 6.07) is 14.4. The second-order valence-corrected chi connectivity index (χ2v) is 7.48. The first-order chi connectivity index (χ1) is 13.7. The highest BCUT2D eigenvalue weighted by Gasteiger charge is 2.11. The molecule has 0 aliphatic carbocycles. The van der Waals surface area contributed by atoms with E-state index in [2.05, 4.69) is 25.8 Å². The van der Waals surface area contributed by atoms with E-state index >= 15 is 0 Å². The molecule has 0 radical (unpaired) electrons. The summed E-state index contributed by atoms with van der Waals surface area (Å²) in [7, 11) is 1.64. The van der Waals surface area contributed by atoms with Gasteiger partial charge in [-0.3, -0.25) is 0 Å². The number of ether oxygens (including phenoxy) is 1. The fraction of sp³-hybridized carbons (Fsp3) is 0.111. The molecule has 142 valence electrons. The Morgan fingerprint density at radius 3 is 2.68 bits per heavy atom. The van der Waals surface area contributed by atoms with Crippen LogP contribution in [0.15, 0.2) is 59.1 Å². The van der Waals surface area contributed by atoms with Crippen LogP contribution < -0.4 is 10.1 Å². The standard InChI is InChI=1S/C18H16N6O2S2/c1-26-16-8-2-12(3-9-16)19-17-20-13(10-27-17)11-28-18-21-22-23-24(18)14-4-6-15(25)7-5-14/h2-10,25H,11H2,1H3,(H,19,20). The van der Waals surface area contributed by atoms with Crippen molar-refractivity contribution < 1.29 is 9.84 Å². The molecule has 0 saturated heterocycles. The molecule has 0 fully saturated rings. The monoisotopic (exact) mass is 412 g/mol. The van der Waals surface area contributed by atoms with Gasteiger partial charge in [-0.25, -0.2) is 4.98 Å². The molecule has 0 unspecified atom stereocenters. The maximum atomic E-state index is 9.42. The van der Waals surface area contributed by atoms with E-state index in [0.29, 0.717) is 10.9 Å². The number of hydrogen-bond donors (Lipinski definition) is 2. The lowest BCUT2D eigenvalue weighted by Gasteiger charge is -2.04. The van der Waals surface area contributed by atoms with Crippen LogP contribution in [0.1, 0.15) is 5.69 Å². The number of rotatable bonds is 7. The van der Waals surface area contributed by atoms with Gasteiger partial charge in [0.15, 0.2) is 5.13 Å². The first kappa shape index (κ1) is 18.3. The van der Waals surface area contributed by atoms with Crippen LogP contribution in [0.25, 0.3) is 5.69 Å². The van der Waals surface area contributed by atoms with Gasteiger partial charge in [0.05, 0.1) is 18.5 Å². The molecule has 0 aliphatic rings. The number of nitrogens with one attached hydrogen (secondary N) is 1. The Bertz CT molecular complexity index is 1050. The molecule has 0 atom stereocenters. The van der Waals surface area contributed by atoms with Crippen molar-refractivity contribution in [2.45, 2.75) is 10.9 Å². The zero-order valence-corrected chi connectivity index (χ0v) is 16.4. The lowest BCUT2D eigenvalue weighted by Crippen LogP contribution is -1.98. The first-order valence-corrected chi connectivity index (χ1v) is 10.1. The van der Waals surface area contributed by atoms with Gasteiger partial charge in [-0.05, 0) is 59.0 Å². The molecule has 0 spiro atoms. The summed E-state index contributed by atoms with van der Waals surface area (Å²) in [6.07, 6.45) is 0. The average Bonchev–Trinajstić information content (AvgIpc) is 3.37. The number of phenolic OH excluding ortho intramolecular Hbond substituents is 1. The Hall–Kier alpha value is -3.11. The highest BCUT2D eigenvalue weighted by Crippen LogP contribution is 2.27. The van der Waals surface area contributed by atoms with Gasteiger partial charge >= 0.3 is 0 Å². The highest BCUT2D eigenvalue weighted by atomic mass is 32.2. The molecule has 0 amide bonds. The number of tetrazole rings is 1. The number of aromatic nitrogens is 5. The smallest absolute Gasteiger partial charge is 0.214 e. The summed E-state index contributed by atoms with van der Waals surface area (Å²) in [4.78, 5) is 4.61. The van der Waals surface area contributed by atoms with Crippen LogP contribution in [0, 0.1) is 0 Å². The third-order valence-corrected chi connectivity index (χ3v) is 5.54. The first-order valence-electron chi connectivity index (χ1n) is 8.27. The summed E-state index contributed by atoms with van der Waals surface area (Å²) in [5.41, 5.74) is 2.67. The quantitative estimate of drug-likeness (QED) is 0.442. The maximum absolute atomic E-state index is 9.42. The van der Waals surface area contributed by atoms with Gasteiger partial charge in [-0.15, -0.1) is 16.4 Å². The van der Waals surface area contributed by atoms with E-state index in [-0.39, 0.29) is 5.75 Å². The van der Waals surface area contributed by atoms with E-state index in [4.69, 9.17) is 4.74 Å². The molecule has 0 saturated carbocycles. The second-order valence-electron chi connectivity index (χ2n) is 5.68. The molecule has 2 heterocycles. The summed E-state index contributed by atoms with van der Waals surface area (Å²) in [5, 5.41) is 28.0. The fourth-order valence-electron chi connectivity index (χ4n) is 2.39. The van der Waals surface area contributed by atoms with E-state index in [0.717, 1.165) is 27.9 Å². The summed E-state index contributed by atoms with van der Waals surface area (Å²) in [5.74, 6) is 1.65. The molecular formula is C18H16N6O2S2. The van der Waals surface area contributed by atoms with Crippen molar-refractivity contribution in [3.63, 3.8) is 0 Å². The Labute approximate surface area is 169 Å². The maximum Gasteiger partial charge on any atom is 0.214 e. The molecule has 2 aromatic heterocycles. The van der Waals surface area contributed by atoms with Crippen molar-refractivity contribution in [1.29, 1.82) is 0 Å². The van der Waals surface area contributed by atoms with Gasteiger partial charge in [0.2, 0.25) is 5.16 Å². The van der Waals surface area contributed by atoms with Crippen molar-refractivity contribution in [2.75, 3.05) is 12.4 Å². The number of benzene rings is 2. The van der Waals surface area contributed by atoms with E-state index in [1.165, 1.54) is 11.8 Å². The molecule has 2 aromatic carbocycles. The normalized spacial score (nSPS) is 10.8. The summed E-state index contributed by atoms with van der Waals surface area (Å²) < 4.78 is 6.80. The topological polar surface area (TPSA) is 98.0 Å². The Morgan fingerprint density at radius 1 is 1.14 bits per heavy atom. The van der Waals surface area contributed by atoms with Crippen LogP contribution in [0.4, 0.5) is 10.8 Å². The number of phenols is 1. The number of aromatic hydroxyl groups is 1. The fourth-order valence-corrected chi connectivity index (χ4v) is 4.01. The van der Waals surface area contributed by atoms with Crippen molar-refractivity contribution in [2.24, 2.45) is 0 Å². The van der Waals surface area contributed by atoms with Crippen LogP contribution in [-0.4, -0.2) is 37.4 Å². The Morgan fingerprint density at radius 2 is 1.93 bits per heavy atom. The molecule has 10 heteroatoms. The van der Waals surface area contributed by atoms with Crippen molar-refractivity contribution in [1.82, 2.24) is 25.2 Å². The molecule has 4 rings (SSSR count). The van der Waals surface area contributed by atoms with Crippen LogP contribution in [0.5, 0.6) is 11.5 Å². The van der Waals surface area contributed by atoms with E-state index in [1.54, 1.807) is 47.4 Å². The molecule has 8 nitrogen and oxygen atoms in total. The predicted molar refractivity (Wildman–Crippen MR) is 109 cm³/mol. The summed E-state index contributed by atoms with van der Waals surface area (Å²) >= 11 is 3.04. The largest absolute Gasteiger partial charge is 0.508 e. The minimum Gasteiger partial charge on any atom is -0.508 e. The van der Waals surface area contributed by atoms with E-state index in [1.807, 2.05) is 29.6 Å². The van der Waals surface area contributed by atoms with Gasteiger partial charge < -0.3 is 15.2 Å². The molecular weight excluding hydrogens is 396 g/mol. The number of hydrogen-bond acceptors (Lipinski definition) is 9. The van der Waals surface area contributed by atoms with Gasteiger partial charge in [0.1, 0.15) is 11.5 Å². The Kier molecular flexibility index (Phi) is 5.40. The van der Waals surface area contributed by atoms with Gasteiger partial charge in [-0.2, -0.15) is 4.68 Å². The van der Waals surface area contributed by atoms with Crippen LogP contribution in [0.3, 0.4) is 0 Å². The van der Waals surface area contributed by atoms with Crippen LogP contribution in [-0.2, 0) is 5.75 Å². The number of anilines is 2. The van der Waals surface area contributed by atoms with Crippen molar-refractivity contribution in [3.05, 3.63) is 59.6 Å². The van der Waals surface area contributed by atoms with Crippen molar-refractivity contribution >= 4 is 33.9 Å². The average molecular weight is 413 g/mol. The molecule has 4 aromatic rings. The third kappa shape index (κ3) is 4.24. The third-order valence-electron chi connectivity index (χ3n) is 3.78. The van der Waals surface area contributed by atoms with Crippen molar-refractivity contribution in [3.8, 4) is 17.2 Å². The number of nitrogens with zero attached hydrogens (tertiary/aromatic N) is 5. The van der Waals surface area contributed by atoms with E-state index < -0.39 is 0 Å². The molecule has 2 N–H and O–H groups in total. The predicted octanol–water partition coefficient (Wildman–Crippen LogP) is 3.87. The lowest BCUT2D eigenvalue weighted by molar-refractivity contribution is 0.415. The lowest BCUT2D eigenvalue weighted by atomic mass is 10.3. The van der Waals surface area contributed by atoms with Crippen LogP contribution in [0.2, 0.25) is 0 Å². The zero-order chi connectivity index (χ0) is 19.3. The van der Waals surface area contributed by atoms with Crippen LogP contribution >= 0.6 is 23.1 Å². The SMILES string of the molecule is COc1ccc(Nc2nc(CSc3nnnn3-c3ccc(O)cc3)cs2)cc1. The molecule has 0 bridgehead atoms. The molecule has 28 heavy (non-hydrogen) atoms. The highest BCUT2D eigenvalue weighted by molar-refractivity contribution is 7.98. The number of thiazole rings is 1. The number of thioether (sulfide) groups is 1. The second kappa shape index (κ2) is 8.28. The zero-order valence-electron chi connectivity index (χ0n) is 14.8. The minimum absolute atomic E-state index is 0.199. The van der Waals surface area contributed by atoms with E-state index in [9.17, 15) is 5.11 Å². The Balaban J connectivity index is 1.40. The molecule has 0 aliphatic heterocycles. The number of methoxy groups -OCH3 is 1. The summed E-state index contributed by atoms with van der Waals surface area (Å²) in [6.45, 7) is 0. The van der Waals surface area contributed by atoms with Gasteiger partial charge in [-0.1, -0.05) is 11.8 Å². The van der Waals surface area contributed by atoms with Gasteiger partial charge in [0.25, 0.3) is 0 Å².